The first-order valence-electron chi connectivity index (χ1n) is 6.54. The summed E-state index contributed by atoms with van der Waals surface area (Å²) in [6.45, 7) is 6.20. The minimum Gasteiger partial charge on any atom is -0.405 e. The Labute approximate surface area is 103 Å². The molecule has 3 saturated carbocycles. The summed E-state index contributed by atoms with van der Waals surface area (Å²) in [5, 5.41) is 2.76. The van der Waals surface area contributed by atoms with Crippen LogP contribution >= 0.6 is 0 Å². The lowest BCUT2D eigenvalue weighted by atomic mass is 9.47. The summed E-state index contributed by atoms with van der Waals surface area (Å²) in [7, 11) is -0.246. The predicted octanol–water partition coefficient (Wildman–Crippen LogP) is 1.000. The second-order valence-electron chi connectivity index (χ2n) is 6.24. The van der Waals surface area contributed by atoms with Gasteiger partial charge in [0.15, 0.2) is 0 Å². The summed E-state index contributed by atoms with van der Waals surface area (Å²) in [5.41, 5.74) is 0.410. The molecule has 4 fully saturated rings. The first-order valence-corrected chi connectivity index (χ1v) is 6.54. The van der Waals surface area contributed by atoms with Gasteiger partial charge in [0.25, 0.3) is 0 Å². The SMILES string of the molecule is CC(=O)NCB1OC2C[C@@H]3C[C@H](C2O1)C3(C)C. The molecule has 1 aliphatic heterocycles. The minimum absolute atomic E-state index is 0.0308. The summed E-state index contributed by atoms with van der Waals surface area (Å²) in [6.07, 6.45) is 3.37. The van der Waals surface area contributed by atoms with Gasteiger partial charge in [0.2, 0.25) is 5.91 Å². The van der Waals surface area contributed by atoms with Crippen LogP contribution in [-0.4, -0.2) is 31.7 Å². The molecule has 4 aliphatic rings. The number of carbonyl (C=O) groups excluding carboxylic acids is 1. The third-order valence-corrected chi connectivity index (χ3v) is 4.98. The highest BCUT2D eigenvalue weighted by molar-refractivity contribution is 6.45. The Hall–Kier alpha value is -0.545. The number of nitrogens with one attached hydrogen (secondary N) is 1. The summed E-state index contributed by atoms with van der Waals surface area (Å²) < 4.78 is 11.8. The zero-order chi connectivity index (χ0) is 12.2. The summed E-state index contributed by atoms with van der Waals surface area (Å²) in [6, 6.07) is 0. The average Bonchev–Trinajstić information content (AvgIpc) is 2.68. The van der Waals surface area contributed by atoms with Gasteiger partial charge in [-0.2, -0.15) is 0 Å². The normalized spacial score (nSPS) is 41.7. The van der Waals surface area contributed by atoms with Crippen LogP contribution in [0.15, 0.2) is 0 Å². The van der Waals surface area contributed by atoms with Crippen LogP contribution in [0.2, 0.25) is 0 Å². The van der Waals surface area contributed by atoms with Crippen molar-refractivity contribution in [2.24, 2.45) is 17.3 Å². The molecule has 94 valence electrons. The first kappa shape index (κ1) is 11.5. The summed E-state index contributed by atoms with van der Waals surface area (Å²) in [4.78, 5) is 10.9. The van der Waals surface area contributed by atoms with Gasteiger partial charge in [0.1, 0.15) is 0 Å². The van der Waals surface area contributed by atoms with Gasteiger partial charge in [0.05, 0.1) is 18.7 Å². The number of carbonyl (C=O) groups is 1. The Bertz CT molecular complexity index is 347. The molecule has 2 unspecified atom stereocenters. The molecule has 1 heterocycles. The Balaban J connectivity index is 1.62. The van der Waals surface area contributed by atoms with E-state index in [1.165, 1.54) is 13.3 Å². The van der Waals surface area contributed by atoms with Crippen LogP contribution in [0, 0.1) is 17.3 Å². The third kappa shape index (κ3) is 1.71. The molecule has 0 aromatic carbocycles. The molecule has 4 nitrogen and oxygen atoms in total. The molecule has 2 bridgehead atoms. The fraction of sp³-hybridized carbons (Fsp3) is 0.917. The monoisotopic (exact) mass is 237 g/mol. The van der Waals surface area contributed by atoms with Gasteiger partial charge in [-0.25, -0.2) is 0 Å². The van der Waals surface area contributed by atoms with Gasteiger partial charge in [-0.3, -0.25) is 4.79 Å². The number of hydrogen-bond donors (Lipinski definition) is 1. The maximum atomic E-state index is 10.9. The van der Waals surface area contributed by atoms with E-state index in [-0.39, 0.29) is 25.2 Å². The van der Waals surface area contributed by atoms with Crippen LogP contribution < -0.4 is 5.32 Å². The Kier molecular flexibility index (Phi) is 2.53. The van der Waals surface area contributed by atoms with E-state index in [0.717, 1.165) is 12.3 Å². The summed E-state index contributed by atoms with van der Waals surface area (Å²) in [5.74, 6) is 1.39. The average molecular weight is 237 g/mol. The quantitative estimate of drug-likeness (QED) is 0.729. The van der Waals surface area contributed by atoms with Gasteiger partial charge < -0.3 is 14.6 Å². The van der Waals surface area contributed by atoms with Crippen molar-refractivity contribution in [1.29, 1.82) is 0 Å². The van der Waals surface area contributed by atoms with E-state index in [1.807, 2.05) is 0 Å². The van der Waals surface area contributed by atoms with Crippen molar-refractivity contribution in [3.63, 3.8) is 0 Å². The standard InChI is InChI=1S/C12H20BNO3/c1-7(15)14-6-13-16-10-5-8-4-9(11(10)17-13)12(8,2)3/h8-11H,4-6H2,1-3H3,(H,14,15)/t8-,9+,10?,11?/m0/s1. The van der Waals surface area contributed by atoms with Crippen LogP contribution in [0.1, 0.15) is 33.6 Å². The van der Waals surface area contributed by atoms with Crippen molar-refractivity contribution in [2.75, 3.05) is 6.44 Å². The highest BCUT2D eigenvalue weighted by atomic mass is 16.7. The van der Waals surface area contributed by atoms with Crippen molar-refractivity contribution in [3.8, 4) is 0 Å². The van der Waals surface area contributed by atoms with Crippen molar-refractivity contribution < 1.29 is 14.1 Å². The highest BCUT2D eigenvalue weighted by Crippen LogP contribution is 2.61. The lowest BCUT2D eigenvalue weighted by molar-refractivity contribution is -0.150. The molecule has 1 amide bonds. The molecular formula is C12H20BNO3. The van der Waals surface area contributed by atoms with Crippen molar-refractivity contribution in [2.45, 2.75) is 45.8 Å². The van der Waals surface area contributed by atoms with Gasteiger partial charge in [-0.1, -0.05) is 13.8 Å². The minimum atomic E-state index is -0.246. The third-order valence-electron chi connectivity index (χ3n) is 4.98. The number of rotatable bonds is 2. The van der Waals surface area contributed by atoms with E-state index < -0.39 is 0 Å². The second-order valence-corrected chi connectivity index (χ2v) is 6.24. The van der Waals surface area contributed by atoms with E-state index in [1.54, 1.807) is 0 Å². The Morgan fingerprint density at radius 2 is 2.18 bits per heavy atom. The molecule has 1 N–H and O–H groups in total. The summed E-state index contributed by atoms with van der Waals surface area (Å²) >= 11 is 0. The van der Waals surface area contributed by atoms with Gasteiger partial charge >= 0.3 is 7.12 Å². The second kappa shape index (κ2) is 3.72. The topological polar surface area (TPSA) is 47.6 Å². The van der Waals surface area contributed by atoms with E-state index >= 15 is 0 Å². The largest absolute Gasteiger partial charge is 0.478 e. The number of amides is 1. The molecule has 5 heteroatoms. The first-order chi connectivity index (χ1) is 7.98. The molecule has 0 spiro atoms. The zero-order valence-electron chi connectivity index (χ0n) is 10.7. The van der Waals surface area contributed by atoms with Gasteiger partial charge in [0, 0.05) is 6.92 Å². The fourth-order valence-electron chi connectivity index (χ4n) is 3.73. The Morgan fingerprint density at radius 1 is 1.41 bits per heavy atom. The fourth-order valence-corrected chi connectivity index (χ4v) is 3.73. The molecule has 1 saturated heterocycles. The molecule has 4 atom stereocenters. The smallest absolute Gasteiger partial charge is 0.405 e. The van der Waals surface area contributed by atoms with Crippen LogP contribution in [0.5, 0.6) is 0 Å². The maximum Gasteiger partial charge on any atom is 0.478 e. The lowest BCUT2D eigenvalue weighted by Gasteiger charge is -2.60. The van der Waals surface area contributed by atoms with Crippen LogP contribution in [0.25, 0.3) is 0 Å². The Morgan fingerprint density at radius 3 is 2.82 bits per heavy atom. The molecule has 0 aromatic heterocycles. The van der Waals surface area contributed by atoms with E-state index in [4.69, 9.17) is 9.31 Å². The molecule has 4 rings (SSSR count). The predicted molar refractivity (Wildman–Crippen MR) is 64.2 cm³/mol. The molecular weight excluding hydrogens is 217 g/mol. The van der Waals surface area contributed by atoms with Gasteiger partial charge in [-0.15, -0.1) is 0 Å². The maximum absolute atomic E-state index is 10.9. The highest BCUT2D eigenvalue weighted by Gasteiger charge is 2.61. The molecule has 3 aliphatic carbocycles. The van der Waals surface area contributed by atoms with E-state index in [0.29, 0.717) is 17.8 Å². The van der Waals surface area contributed by atoms with Crippen LogP contribution in [-0.2, 0) is 14.1 Å². The number of hydrogen-bond acceptors (Lipinski definition) is 3. The van der Waals surface area contributed by atoms with Gasteiger partial charge in [-0.05, 0) is 30.1 Å². The molecule has 17 heavy (non-hydrogen) atoms. The van der Waals surface area contributed by atoms with Crippen molar-refractivity contribution in [3.05, 3.63) is 0 Å². The lowest BCUT2D eigenvalue weighted by Crippen LogP contribution is -2.59. The molecule has 0 aromatic rings. The van der Waals surface area contributed by atoms with E-state index in [2.05, 4.69) is 19.2 Å². The van der Waals surface area contributed by atoms with Crippen LogP contribution in [0.3, 0.4) is 0 Å². The van der Waals surface area contributed by atoms with Crippen LogP contribution in [0.4, 0.5) is 0 Å². The van der Waals surface area contributed by atoms with Crippen molar-refractivity contribution >= 4 is 13.0 Å². The van der Waals surface area contributed by atoms with Crippen molar-refractivity contribution in [1.82, 2.24) is 5.32 Å². The zero-order valence-corrected chi connectivity index (χ0v) is 10.7. The molecule has 0 radical (unpaired) electrons. The van der Waals surface area contributed by atoms with E-state index in [9.17, 15) is 4.79 Å².